The van der Waals surface area contributed by atoms with Crippen molar-refractivity contribution in [2.45, 2.75) is 83.5 Å². The van der Waals surface area contributed by atoms with E-state index in [-0.39, 0.29) is 0 Å². The second-order valence-electron chi connectivity index (χ2n) is 5.70. The molecule has 0 fully saturated rings. The van der Waals surface area contributed by atoms with Gasteiger partial charge in [0.1, 0.15) is 6.29 Å². The van der Waals surface area contributed by atoms with Gasteiger partial charge in [-0.15, -0.1) is 0 Å². The van der Waals surface area contributed by atoms with E-state index >= 15 is 0 Å². The van der Waals surface area contributed by atoms with Gasteiger partial charge < -0.3 is 4.79 Å². The van der Waals surface area contributed by atoms with Gasteiger partial charge in [0.25, 0.3) is 0 Å². The summed E-state index contributed by atoms with van der Waals surface area (Å²) in [5, 5.41) is 0. The molecule has 1 nitrogen and oxygen atoms in total. The van der Waals surface area contributed by atoms with E-state index in [4.69, 9.17) is 0 Å². The molecule has 1 rings (SSSR count). The van der Waals surface area contributed by atoms with Crippen LogP contribution in [0.5, 0.6) is 0 Å². The number of carbonyl (C=O) groups is 1. The topological polar surface area (TPSA) is 17.1 Å². The Bertz CT molecular complexity index is 220. The van der Waals surface area contributed by atoms with Crippen LogP contribution in [0.2, 0.25) is 0 Å². The number of carbonyl (C=O) groups excluding carboxylic acids is 1. The van der Waals surface area contributed by atoms with E-state index in [9.17, 15) is 4.79 Å². The summed E-state index contributed by atoms with van der Waals surface area (Å²) in [4.78, 5) is 11.0. The summed E-state index contributed by atoms with van der Waals surface area (Å²) in [5.41, 5.74) is 0. The molecule has 104 valence electrons. The Morgan fingerprint density at radius 1 is 0.667 bits per heavy atom. The molecule has 0 amide bonds. The largest absolute Gasteiger partial charge is 0.303 e. The average molecular weight is 250 g/mol. The Kier molecular flexibility index (Phi) is 9.88. The van der Waals surface area contributed by atoms with Crippen molar-refractivity contribution < 1.29 is 4.79 Å². The number of rotatable bonds is 1. The van der Waals surface area contributed by atoms with Gasteiger partial charge >= 0.3 is 0 Å². The third-order valence-corrected chi connectivity index (χ3v) is 4.00. The molecule has 0 aromatic carbocycles. The highest BCUT2D eigenvalue weighted by molar-refractivity contribution is 5.53. The fraction of sp³-hybridized carbons (Fsp3) is 0.824. The normalized spacial score (nSPS) is 27.4. The summed E-state index contributed by atoms with van der Waals surface area (Å²) in [6.45, 7) is 0. The Morgan fingerprint density at radius 2 is 1.11 bits per heavy atom. The van der Waals surface area contributed by atoms with Crippen molar-refractivity contribution in [2.75, 3.05) is 0 Å². The van der Waals surface area contributed by atoms with E-state index in [0.717, 1.165) is 12.8 Å². The van der Waals surface area contributed by atoms with E-state index in [2.05, 4.69) is 12.2 Å². The smallest absolute Gasteiger partial charge is 0.123 e. The molecule has 0 saturated carbocycles. The molecule has 0 heterocycles. The summed E-state index contributed by atoms with van der Waals surface area (Å²) in [6.07, 6.45) is 22.5. The molecule has 0 aromatic heterocycles. The predicted molar refractivity (Wildman–Crippen MR) is 78.7 cm³/mol. The first kappa shape index (κ1) is 15.5. The monoisotopic (exact) mass is 250 g/mol. The van der Waals surface area contributed by atoms with E-state index in [1.807, 2.05) is 0 Å². The van der Waals surface area contributed by atoms with Gasteiger partial charge in [-0.3, -0.25) is 0 Å². The lowest BCUT2D eigenvalue weighted by molar-refractivity contribution is -0.111. The molecule has 0 spiro atoms. The summed E-state index contributed by atoms with van der Waals surface area (Å²) in [6, 6.07) is 0. The van der Waals surface area contributed by atoms with Gasteiger partial charge in [-0.2, -0.15) is 0 Å². The first-order chi connectivity index (χ1) is 8.93. The number of aldehydes is 1. The number of hydrogen-bond acceptors (Lipinski definition) is 1. The lowest BCUT2D eigenvalue weighted by atomic mass is 9.95. The zero-order valence-electron chi connectivity index (χ0n) is 11.9. The molecule has 1 atom stereocenters. The molecule has 1 unspecified atom stereocenters. The Balaban J connectivity index is 2.23. The summed E-state index contributed by atoms with van der Waals surface area (Å²) < 4.78 is 0. The van der Waals surface area contributed by atoms with Crippen LogP contribution in [0.1, 0.15) is 83.5 Å². The Morgan fingerprint density at radius 3 is 1.61 bits per heavy atom. The first-order valence-corrected chi connectivity index (χ1v) is 8.04. The third-order valence-electron chi connectivity index (χ3n) is 4.00. The molecule has 0 N–H and O–H groups in total. The lowest BCUT2D eigenvalue weighted by Crippen LogP contribution is -2.02. The molecule has 0 aromatic rings. The highest BCUT2D eigenvalue weighted by Crippen LogP contribution is 2.18. The second-order valence-corrected chi connectivity index (χ2v) is 5.70. The van der Waals surface area contributed by atoms with Crippen LogP contribution in [0.15, 0.2) is 12.2 Å². The van der Waals surface area contributed by atoms with Crippen molar-refractivity contribution >= 4 is 6.29 Å². The fourth-order valence-corrected chi connectivity index (χ4v) is 2.74. The minimum Gasteiger partial charge on any atom is -0.303 e. The van der Waals surface area contributed by atoms with Crippen molar-refractivity contribution in [3.05, 3.63) is 12.2 Å². The van der Waals surface area contributed by atoms with E-state index in [1.165, 1.54) is 76.9 Å². The Labute approximate surface area is 113 Å². The SMILES string of the molecule is O=CC1CCCCCC/C=C\CCCCCCC1. The highest BCUT2D eigenvalue weighted by atomic mass is 16.1. The molecule has 1 heteroatoms. The minimum atomic E-state index is 0.345. The van der Waals surface area contributed by atoms with E-state index < -0.39 is 0 Å². The van der Waals surface area contributed by atoms with Crippen LogP contribution < -0.4 is 0 Å². The van der Waals surface area contributed by atoms with Gasteiger partial charge in [0.05, 0.1) is 0 Å². The van der Waals surface area contributed by atoms with E-state index in [0.29, 0.717) is 5.92 Å². The second kappa shape index (κ2) is 11.5. The molecule has 0 radical (unpaired) electrons. The zero-order valence-corrected chi connectivity index (χ0v) is 11.9. The van der Waals surface area contributed by atoms with Gasteiger partial charge in [-0.1, -0.05) is 57.1 Å². The van der Waals surface area contributed by atoms with Crippen LogP contribution in [0.4, 0.5) is 0 Å². The van der Waals surface area contributed by atoms with Gasteiger partial charge in [0.15, 0.2) is 0 Å². The van der Waals surface area contributed by atoms with Crippen molar-refractivity contribution in [1.29, 1.82) is 0 Å². The minimum absolute atomic E-state index is 0.345. The predicted octanol–water partition coefficient (Wildman–Crippen LogP) is 5.44. The Hall–Kier alpha value is -0.590. The van der Waals surface area contributed by atoms with Crippen LogP contribution >= 0.6 is 0 Å². The lowest BCUT2D eigenvalue weighted by Gasteiger charge is -2.10. The van der Waals surface area contributed by atoms with Crippen molar-refractivity contribution in [1.82, 2.24) is 0 Å². The van der Waals surface area contributed by atoms with E-state index in [1.54, 1.807) is 0 Å². The third kappa shape index (κ3) is 8.49. The van der Waals surface area contributed by atoms with Crippen LogP contribution in [0.25, 0.3) is 0 Å². The summed E-state index contributed by atoms with van der Waals surface area (Å²) in [5.74, 6) is 0.345. The number of allylic oxidation sites excluding steroid dienone is 2. The van der Waals surface area contributed by atoms with Crippen molar-refractivity contribution in [2.24, 2.45) is 5.92 Å². The van der Waals surface area contributed by atoms with Crippen LogP contribution in [0, 0.1) is 5.92 Å². The molecular weight excluding hydrogens is 220 g/mol. The molecule has 18 heavy (non-hydrogen) atoms. The molecule has 0 aliphatic heterocycles. The average Bonchev–Trinajstić information content (AvgIpc) is 2.39. The van der Waals surface area contributed by atoms with Gasteiger partial charge in [0, 0.05) is 5.92 Å². The van der Waals surface area contributed by atoms with Crippen LogP contribution in [0.3, 0.4) is 0 Å². The molecule has 0 bridgehead atoms. The molecular formula is C17H30O. The fourth-order valence-electron chi connectivity index (χ4n) is 2.74. The standard InChI is InChI=1S/C17H30O/c18-16-17-14-12-10-8-6-4-2-1-3-5-7-9-11-13-15-17/h1-2,16-17H,3-15H2/b2-1-. The van der Waals surface area contributed by atoms with Crippen LogP contribution in [-0.2, 0) is 4.79 Å². The van der Waals surface area contributed by atoms with Crippen LogP contribution in [-0.4, -0.2) is 6.29 Å². The summed E-state index contributed by atoms with van der Waals surface area (Å²) in [7, 11) is 0. The van der Waals surface area contributed by atoms with Crippen molar-refractivity contribution in [3.63, 3.8) is 0 Å². The quantitative estimate of drug-likeness (QED) is 0.447. The number of hydrogen-bond donors (Lipinski definition) is 0. The molecule has 1 aliphatic rings. The first-order valence-electron chi connectivity index (χ1n) is 8.04. The summed E-state index contributed by atoms with van der Waals surface area (Å²) >= 11 is 0. The maximum atomic E-state index is 11.0. The van der Waals surface area contributed by atoms with Crippen molar-refractivity contribution in [3.8, 4) is 0 Å². The van der Waals surface area contributed by atoms with Gasteiger partial charge in [-0.25, -0.2) is 0 Å². The highest BCUT2D eigenvalue weighted by Gasteiger charge is 2.06. The zero-order chi connectivity index (χ0) is 12.9. The maximum Gasteiger partial charge on any atom is 0.123 e. The maximum absolute atomic E-state index is 11.0. The van der Waals surface area contributed by atoms with Gasteiger partial charge in [-0.05, 0) is 38.5 Å². The van der Waals surface area contributed by atoms with Gasteiger partial charge in [0.2, 0.25) is 0 Å². The molecule has 1 aliphatic carbocycles. The molecule has 0 saturated heterocycles.